The number of nitrogens with one attached hydrogen (secondary N) is 1. The summed E-state index contributed by atoms with van der Waals surface area (Å²) >= 11 is 0. The van der Waals surface area contributed by atoms with E-state index in [4.69, 9.17) is 4.52 Å². The van der Waals surface area contributed by atoms with E-state index in [9.17, 15) is 4.79 Å². The Bertz CT molecular complexity index is 607. The predicted molar refractivity (Wildman–Crippen MR) is 80.2 cm³/mol. The van der Waals surface area contributed by atoms with Crippen LogP contribution in [0, 0.1) is 6.92 Å². The van der Waals surface area contributed by atoms with Gasteiger partial charge in [0, 0.05) is 38.1 Å². The largest absolute Gasteiger partial charge is 0.359 e. The van der Waals surface area contributed by atoms with Gasteiger partial charge in [-0.05, 0) is 26.2 Å². The molecule has 0 bridgehead atoms. The van der Waals surface area contributed by atoms with Gasteiger partial charge in [-0.1, -0.05) is 5.16 Å². The van der Waals surface area contributed by atoms with E-state index in [1.54, 1.807) is 12.5 Å². The number of likely N-dealkylation sites (tertiary alicyclic amines) is 1. The second-order valence-electron chi connectivity index (χ2n) is 5.61. The summed E-state index contributed by atoms with van der Waals surface area (Å²) in [5, 5.41) is 6.90. The van der Waals surface area contributed by atoms with Crippen LogP contribution in [0.5, 0.6) is 0 Å². The molecule has 0 radical (unpaired) electrons. The quantitative estimate of drug-likeness (QED) is 0.858. The van der Waals surface area contributed by atoms with Crippen LogP contribution in [0.3, 0.4) is 0 Å². The zero-order chi connectivity index (χ0) is 15.4. The number of imidazole rings is 1. The van der Waals surface area contributed by atoms with Gasteiger partial charge in [-0.15, -0.1) is 0 Å². The molecule has 0 saturated carbocycles. The summed E-state index contributed by atoms with van der Waals surface area (Å²) in [7, 11) is 0. The maximum atomic E-state index is 12.3. The number of aromatic nitrogens is 3. The van der Waals surface area contributed by atoms with Crippen molar-refractivity contribution in [3.05, 3.63) is 36.2 Å². The maximum Gasteiger partial charge on any atom is 0.318 e. The number of rotatable bonds is 5. The third-order valence-corrected chi connectivity index (χ3v) is 3.92. The van der Waals surface area contributed by atoms with Crippen molar-refractivity contribution < 1.29 is 9.32 Å². The Kier molecular flexibility index (Phi) is 4.41. The molecule has 118 valence electrons. The molecule has 1 unspecified atom stereocenters. The minimum absolute atomic E-state index is 0.00912. The van der Waals surface area contributed by atoms with Gasteiger partial charge < -0.3 is 19.3 Å². The first-order valence-corrected chi connectivity index (χ1v) is 7.67. The molecular formula is C15H21N5O2. The summed E-state index contributed by atoms with van der Waals surface area (Å²) in [6.45, 7) is 4.15. The van der Waals surface area contributed by atoms with Gasteiger partial charge in [0.25, 0.3) is 0 Å². The molecule has 7 heteroatoms. The van der Waals surface area contributed by atoms with E-state index in [2.05, 4.69) is 15.5 Å². The Morgan fingerprint density at radius 3 is 3.18 bits per heavy atom. The summed E-state index contributed by atoms with van der Waals surface area (Å²) in [6, 6.07) is 1.90. The molecule has 1 N–H and O–H groups in total. The minimum atomic E-state index is -0.0258. The Labute approximate surface area is 129 Å². The normalized spacial score (nSPS) is 17.9. The standard InChI is InChI=1S/C15H21N5O2/c1-12-10-14(22-18-12)13-4-2-8-20(13)15(21)17-5-3-7-19-9-6-16-11-19/h6,9-11,13H,2-5,7-8H2,1H3,(H,17,21). The number of aryl methyl sites for hydroxylation is 2. The monoisotopic (exact) mass is 303 g/mol. The Morgan fingerprint density at radius 1 is 1.55 bits per heavy atom. The second-order valence-corrected chi connectivity index (χ2v) is 5.61. The smallest absolute Gasteiger partial charge is 0.318 e. The molecule has 3 heterocycles. The minimum Gasteiger partial charge on any atom is -0.359 e. The van der Waals surface area contributed by atoms with Crippen molar-refractivity contribution in [3.63, 3.8) is 0 Å². The average molecular weight is 303 g/mol. The van der Waals surface area contributed by atoms with Crippen LogP contribution in [0.15, 0.2) is 29.3 Å². The summed E-state index contributed by atoms with van der Waals surface area (Å²) in [6.07, 6.45) is 8.26. The highest BCUT2D eigenvalue weighted by atomic mass is 16.5. The first-order valence-electron chi connectivity index (χ1n) is 7.67. The van der Waals surface area contributed by atoms with E-state index < -0.39 is 0 Å². The highest BCUT2D eigenvalue weighted by Crippen LogP contribution is 2.32. The van der Waals surface area contributed by atoms with Gasteiger partial charge in [0.15, 0.2) is 5.76 Å². The van der Waals surface area contributed by atoms with E-state index in [0.717, 1.165) is 43.8 Å². The third kappa shape index (κ3) is 3.29. The van der Waals surface area contributed by atoms with E-state index >= 15 is 0 Å². The molecule has 0 spiro atoms. The molecular weight excluding hydrogens is 282 g/mol. The van der Waals surface area contributed by atoms with Crippen molar-refractivity contribution in [1.82, 2.24) is 24.9 Å². The van der Waals surface area contributed by atoms with E-state index in [1.807, 2.05) is 28.7 Å². The zero-order valence-corrected chi connectivity index (χ0v) is 12.7. The molecule has 2 aromatic rings. The van der Waals surface area contributed by atoms with Gasteiger partial charge in [0.1, 0.15) is 0 Å². The molecule has 2 aromatic heterocycles. The molecule has 22 heavy (non-hydrogen) atoms. The number of urea groups is 1. The third-order valence-electron chi connectivity index (χ3n) is 3.92. The van der Waals surface area contributed by atoms with Crippen molar-refractivity contribution >= 4 is 6.03 Å². The SMILES string of the molecule is Cc1cc(C2CCCN2C(=O)NCCCn2ccnc2)on1. The molecule has 3 rings (SSSR count). The van der Waals surface area contributed by atoms with Crippen molar-refractivity contribution in [2.45, 2.75) is 38.8 Å². The number of nitrogens with zero attached hydrogens (tertiary/aromatic N) is 4. The van der Waals surface area contributed by atoms with Crippen molar-refractivity contribution in [2.24, 2.45) is 0 Å². The fourth-order valence-corrected chi connectivity index (χ4v) is 2.82. The maximum absolute atomic E-state index is 12.3. The van der Waals surface area contributed by atoms with Gasteiger partial charge in [0.05, 0.1) is 18.1 Å². The fraction of sp³-hybridized carbons (Fsp3) is 0.533. The number of carbonyl (C=O) groups excluding carboxylic acids is 1. The van der Waals surface area contributed by atoms with Gasteiger partial charge in [0.2, 0.25) is 0 Å². The molecule has 1 aliphatic heterocycles. The topological polar surface area (TPSA) is 76.2 Å². The van der Waals surface area contributed by atoms with E-state index in [0.29, 0.717) is 6.54 Å². The zero-order valence-electron chi connectivity index (χ0n) is 12.7. The number of amides is 2. The first-order chi connectivity index (χ1) is 10.7. The van der Waals surface area contributed by atoms with E-state index in [-0.39, 0.29) is 12.1 Å². The first kappa shape index (κ1) is 14.6. The molecule has 1 saturated heterocycles. The van der Waals surface area contributed by atoms with Gasteiger partial charge in [-0.25, -0.2) is 9.78 Å². The molecule has 7 nitrogen and oxygen atoms in total. The lowest BCUT2D eigenvalue weighted by Crippen LogP contribution is -2.40. The number of hydrogen-bond donors (Lipinski definition) is 1. The molecule has 2 amide bonds. The molecule has 0 aliphatic carbocycles. The molecule has 1 atom stereocenters. The fourth-order valence-electron chi connectivity index (χ4n) is 2.82. The van der Waals surface area contributed by atoms with Gasteiger partial charge in [-0.3, -0.25) is 0 Å². The van der Waals surface area contributed by atoms with Gasteiger partial charge in [-0.2, -0.15) is 0 Å². The average Bonchev–Trinajstić information content (AvgIpc) is 3.23. The summed E-state index contributed by atoms with van der Waals surface area (Å²) < 4.78 is 7.32. The Hall–Kier alpha value is -2.31. The lowest BCUT2D eigenvalue weighted by Gasteiger charge is -2.23. The van der Waals surface area contributed by atoms with Crippen LogP contribution in [0.2, 0.25) is 0 Å². The highest BCUT2D eigenvalue weighted by Gasteiger charge is 2.32. The van der Waals surface area contributed by atoms with Crippen LogP contribution in [0.25, 0.3) is 0 Å². The van der Waals surface area contributed by atoms with Crippen molar-refractivity contribution in [3.8, 4) is 0 Å². The second kappa shape index (κ2) is 6.64. The lowest BCUT2D eigenvalue weighted by atomic mass is 10.1. The van der Waals surface area contributed by atoms with Crippen LogP contribution < -0.4 is 5.32 Å². The summed E-state index contributed by atoms with van der Waals surface area (Å²) in [5.41, 5.74) is 0.850. The number of hydrogen-bond acceptors (Lipinski definition) is 4. The Morgan fingerprint density at radius 2 is 2.45 bits per heavy atom. The Balaban J connectivity index is 1.48. The van der Waals surface area contributed by atoms with Crippen molar-refractivity contribution in [1.29, 1.82) is 0 Å². The van der Waals surface area contributed by atoms with Crippen LogP contribution >= 0.6 is 0 Å². The highest BCUT2D eigenvalue weighted by molar-refractivity contribution is 5.74. The van der Waals surface area contributed by atoms with Crippen LogP contribution in [0.4, 0.5) is 4.79 Å². The van der Waals surface area contributed by atoms with Crippen molar-refractivity contribution in [2.75, 3.05) is 13.1 Å². The molecule has 0 aromatic carbocycles. The number of carbonyl (C=O) groups is 1. The van der Waals surface area contributed by atoms with E-state index in [1.165, 1.54) is 0 Å². The van der Waals surface area contributed by atoms with Crippen LogP contribution in [0.1, 0.15) is 36.8 Å². The van der Waals surface area contributed by atoms with Gasteiger partial charge >= 0.3 is 6.03 Å². The van der Waals surface area contributed by atoms with Crippen LogP contribution in [-0.2, 0) is 6.54 Å². The lowest BCUT2D eigenvalue weighted by molar-refractivity contribution is 0.182. The van der Waals surface area contributed by atoms with Crippen LogP contribution in [-0.4, -0.2) is 38.7 Å². The predicted octanol–water partition coefficient (Wildman–Crippen LogP) is 2.12. The molecule has 1 aliphatic rings. The summed E-state index contributed by atoms with van der Waals surface area (Å²) in [5.74, 6) is 0.781. The summed E-state index contributed by atoms with van der Waals surface area (Å²) in [4.78, 5) is 18.2. The molecule has 1 fully saturated rings.